The number of hydrogen-bond acceptors (Lipinski definition) is 4. The number of carbonyl (C=O) groups excluding carboxylic acids is 3. The van der Waals surface area contributed by atoms with Gasteiger partial charge in [0.2, 0.25) is 0 Å². The Kier molecular flexibility index (Phi) is 4.85. The summed E-state index contributed by atoms with van der Waals surface area (Å²) in [5.41, 5.74) is 1.43. The molecule has 1 saturated heterocycles. The maximum absolute atomic E-state index is 12.7. The summed E-state index contributed by atoms with van der Waals surface area (Å²) in [6.45, 7) is 2.41. The third-order valence-corrected chi connectivity index (χ3v) is 4.91. The zero-order chi connectivity index (χ0) is 17.3. The molecular formula is C18H18BrNO4. The molecule has 1 aromatic rings. The number of carbonyl (C=O) groups is 3. The van der Waals surface area contributed by atoms with Crippen molar-refractivity contribution in [1.82, 2.24) is 4.90 Å². The van der Waals surface area contributed by atoms with Gasteiger partial charge in [0.15, 0.2) is 5.78 Å². The highest BCUT2D eigenvalue weighted by Crippen LogP contribution is 2.32. The van der Waals surface area contributed by atoms with Crippen LogP contribution in [0.5, 0.6) is 0 Å². The maximum Gasteiger partial charge on any atom is 0.311 e. The second kappa shape index (κ2) is 6.89. The van der Waals surface area contributed by atoms with Gasteiger partial charge in [-0.25, -0.2) is 0 Å². The molecule has 0 spiro atoms. The minimum atomic E-state index is -0.706. The molecule has 3 rings (SSSR count). The lowest BCUT2D eigenvalue weighted by atomic mass is 9.91. The van der Waals surface area contributed by atoms with Crippen molar-refractivity contribution in [2.24, 2.45) is 5.92 Å². The number of esters is 1. The van der Waals surface area contributed by atoms with E-state index in [-0.39, 0.29) is 18.3 Å². The predicted octanol–water partition coefficient (Wildman–Crippen LogP) is 2.28. The van der Waals surface area contributed by atoms with Crippen LogP contribution < -0.4 is 0 Å². The van der Waals surface area contributed by atoms with E-state index in [0.717, 1.165) is 10.0 Å². The van der Waals surface area contributed by atoms with Gasteiger partial charge in [-0.2, -0.15) is 0 Å². The number of halogens is 1. The highest BCUT2D eigenvalue weighted by atomic mass is 79.9. The van der Waals surface area contributed by atoms with Gasteiger partial charge < -0.3 is 9.64 Å². The first-order chi connectivity index (χ1) is 11.5. The van der Waals surface area contributed by atoms with Crippen molar-refractivity contribution in [1.29, 1.82) is 0 Å². The Morgan fingerprint density at radius 3 is 2.88 bits per heavy atom. The molecule has 0 aliphatic carbocycles. The number of fused-ring (bicyclic) bond motifs is 1. The molecule has 126 valence electrons. The zero-order valence-electron chi connectivity index (χ0n) is 13.3. The van der Waals surface area contributed by atoms with Crippen molar-refractivity contribution in [3.8, 4) is 0 Å². The van der Waals surface area contributed by atoms with Gasteiger partial charge in [0, 0.05) is 23.0 Å². The Hall–Kier alpha value is -1.95. The molecule has 2 unspecified atom stereocenters. The van der Waals surface area contributed by atoms with Gasteiger partial charge in [0.1, 0.15) is 6.04 Å². The molecule has 0 aromatic heterocycles. The van der Waals surface area contributed by atoms with Gasteiger partial charge >= 0.3 is 5.97 Å². The van der Waals surface area contributed by atoms with Gasteiger partial charge in [0.05, 0.1) is 12.5 Å². The molecule has 2 heterocycles. The second-order valence-electron chi connectivity index (χ2n) is 5.97. The molecular weight excluding hydrogens is 374 g/mol. The number of ketones is 1. The van der Waals surface area contributed by atoms with Crippen LogP contribution in [0.3, 0.4) is 0 Å². The fourth-order valence-electron chi connectivity index (χ4n) is 3.36. The molecule has 2 aliphatic rings. The van der Waals surface area contributed by atoms with Crippen molar-refractivity contribution in [2.75, 3.05) is 13.2 Å². The fourth-order valence-corrected chi connectivity index (χ4v) is 3.81. The molecule has 0 saturated carbocycles. The van der Waals surface area contributed by atoms with E-state index >= 15 is 0 Å². The van der Waals surface area contributed by atoms with E-state index in [4.69, 9.17) is 4.74 Å². The topological polar surface area (TPSA) is 63.7 Å². The first-order valence-corrected chi connectivity index (χ1v) is 8.77. The number of benzene rings is 1. The number of hydrogen-bond donors (Lipinski definition) is 0. The van der Waals surface area contributed by atoms with E-state index in [0.29, 0.717) is 25.0 Å². The van der Waals surface area contributed by atoms with Gasteiger partial charge in [-0.15, -0.1) is 0 Å². The largest absolute Gasteiger partial charge is 0.466 e. The van der Waals surface area contributed by atoms with Crippen LogP contribution in [0.2, 0.25) is 0 Å². The summed E-state index contributed by atoms with van der Waals surface area (Å²) in [6.07, 6.45) is 2.28. The minimum absolute atomic E-state index is 0.161. The summed E-state index contributed by atoms with van der Waals surface area (Å²) in [4.78, 5) is 38.8. The number of ether oxygens (including phenoxy) is 1. The van der Waals surface area contributed by atoms with E-state index in [9.17, 15) is 14.4 Å². The minimum Gasteiger partial charge on any atom is -0.466 e. The smallest absolute Gasteiger partial charge is 0.311 e. The third kappa shape index (κ3) is 3.15. The molecule has 0 radical (unpaired) electrons. The zero-order valence-corrected chi connectivity index (χ0v) is 14.9. The Morgan fingerprint density at radius 1 is 1.38 bits per heavy atom. The molecule has 0 N–H and O–H groups in total. The molecule has 5 nitrogen and oxygen atoms in total. The normalized spacial score (nSPS) is 23.1. The van der Waals surface area contributed by atoms with E-state index in [1.54, 1.807) is 6.92 Å². The Labute approximate surface area is 148 Å². The van der Waals surface area contributed by atoms with Crippen LogP contribution >= 0.6 is 15.9 Å². The van der Waals surface area contributed by atoms with Crippen molar-refractivity contribution in [2.45, 2.75) is 25.8 Å². The number of amides is 1. The van der Waals surface area contributed by atoms with E-state index in [1.165, 1.54) is 11.0 Å². The summed E-state index contributed by atoms with van der Waals surface area (Å²) in [7, 11) is 0. The van der Waals surface area contributed by atoms with Crippen LogP contribution in [0, 0.1) is 5.92 Å². The molecule has 24 heavy (non-hydrogen) atoms. The average Bonchev–Trinajstić information content (AvgIpc) is 2.98. The lowest BCUT2D eigenvalue weighted by Gasteiger charge is -2.30. The van der Waals surface area contributed by atoms with Crippen LogP contribution in [-0.2, 0) is 25.5 Å². The predicted molar refractivity (Wildman–Crippen MR) is 91.2 cm³/mol. The van der Waals surface area contributed by atoms with E-state index < -0.39 is 17.9 Å². The molecule has 6 heteroatoms. The summed E-state index contributed by atoms with van der Waals surface area (Å²) >= 11 is 3.40. The number of nitrogens with zero attached hydrogens (tertiary/aromatic N) is 1. The summed E-state index contributed by atoms with van der Waals surface area (Å²) in [5.74, 6) is -1.29. The second-order valence-corrected chi connectivity index (χ2v) is 6.88. The molecule has 2 aliphatic heterocycles. The summed E-state index contributed by atoms with van der Waals surface area (Å²) < 4.78 is 5.97. The van der Waals surface area contributed by atoms with Crippen LogP contribution in [0.25, 0.3) is 0 Å². The molecule has 0 bridgehead atoms. The van der Waals surface area contributed by atoms with Gasteiger partial charge in [-0.1, -0.05) is 28.1 Å². The standard InChI is InChI=1S/C18H18BrNO4/c1-2-24-18(23)14-6-7-20-16(14)15(21)10-12(17(20)22)8-11-4-3-5-13(19)9-11/h3-5,9-10,14,16H,2,6-8H2,1H3. The quantitative estimate of drug-likeness (QED) is 0.738. The summed E-state index contributed by atoms with van der Waals surface area (Å²) in [5, 5.41) is 0. The highest BCUT2D eigenvalue weighted by molar-refractivity contribution is 9.10. The Morgan fingerprint density at radius 2 is 2.17 bits per heavy atom. The van der Waals surface area contributed by atoms with Crippen LogP contribution in [-0.4, -0.2) is 41.8 Å². The van der Waals surface area contributed by atoms with Gasteiger partial charge in [-0.3, -0.25) is 14.4 Å². The maximum atomic E-state index is 12.7. The van der Waals surface area contributed by atoms with Crippen molar-refractivity contribution < 1.29 is 19.1 Å². The highest BCUT2D eigenvalue weighted by Gasteiger charge is 2.48. The first kappa shape index (κ1) is 16.9. The van der Waals surface area contributed by atoms with Gasteiger partial charge in [-0.05, 0) is 37.1 Å². The van der Waals surface area contributed by atoms with Gasteiger partial charge in [0.25, 0.3) is 5.91 Å². The molecule has 1 fully saturated rings. The van der Waals surface area contributed by atoms with Crippen LogP contribution in [0.1, 0.15) is 18.9 Å². The van der Waals surface area contributed by atoms with Crippen LogP contribution in [0.4, 0.5) is 0 Å². The van der Waals surface area contributed by atoms with E-state index in [2.05, 4.69) is 15.9 Å². The lowest BCUT2D eigenvalue weighted by Crippen LogP contribution is -2.48. The van der Waals surface area contributed by atoms with Crippen LogP contribution in [0.15, 0.2) is 40.4 Å². The summed E-state index contributed by atoms with van der Waals surface area (Å²) in [6, 6.07) is 6.94. The SMILES string of the molecule is CCOC(=O)C1CCN2C(=O)C(Cc3cccc(Br)c3)=CC(=O)C12. The van der Waals surface area contributed by atoms with Crippen molar-refractivity contribution in [3.63, 3.8) is 0 Å². The average molecular weight is 392 g/mol. The third-order valence-electron chi connectivity index (χ3n) is 4.41. The van der Waals surface area contributed by atoms with Crippen molar-refractivity contribution >= 4 is 33.6 Å². The molecule has 1 amide bonds. The lowest BCUT2D eigenvalue weighted by molar-refractivity contribution is -0.151. The monoisotopic (exact) mass is 391 g/mol. The molecule has 2 atom stereocenters. The Bertz CT molecular complexity index is 727. The van der Waals surface area contributed by atoms with E-state index in [1.807, 2.05) is 24.3 Å². The Balaban J connectivity index is 1.82. The fraction of sp³-hybridized carbons (Fsp3) is 0.389. The molecule has 1 aromatic carbocycles. The van der Waals surface area contributed by atoms with Crippen molar-refractivity contribution in [3.05, 3.63) is 46.0 Å². The first-order valence-electron chi connectivity index (χ1n) is 7.97. The number of rotatable bonds is 4.